The van der Waals surface area contributed by atoms with E-state index < -0.39 is 0 Å². The van der Waals surface area contributed by atoms with Crippen LogP contribution in [0.1, 0.15) is 13.8 Å². The van der Waals surface area contributed by atoms with E-state index in [2.05, 4.69) is 45.4 Å². The lowest BCUT2D eigenvalue weighted by molar-refractivity contribution is 0.603. The first-order valence-corrected chi connectivity index (χ1v) is 6.66. The lowest BCUT2D eigenvalue weighted by Gasteiger charge is -2.26. The van der Waals surface area contributed by atoms with Crippen LogP contribution in [0, 0.1) is 0 Å². The van der Waals surface area contributed by atoms with Gasteiger partial charge in [0.1, 0.15) is 0 Å². The molecule has 1 aromatic carbocycles. The molecule has 4 nitrogen and oxygen atoms in total. The van der Waals surface area contributed by atoms with Gasteiger partial charge >= 0.3 is 0 Å². The molecule has 3 rings (SSSR count). The Balaban J connectivity index is 2.40. The summed E-state index contributed by atoms with van der Waals surface area (Å²) in [6.45, 7) is 5.11. The summed E-state index contributed by atoms with van der Waals surface area (Å²) < 4.78 is 1.03. The van der Waals surface area contributed by atoms with E-state index in [1.807, 2.05) is 12.1 Å². The fourth-order valence-corrected chi connectivity index (χ4v) is 2.74. The lowest BCUT2D eigenvalue weighted by atomic mass is 10.1. The van der Waals surface area contributed by atoms with E-state index in [-0.39, 0.29) is 5.54 Å². The van der Waals surface area contributed by atoms with Crippen molar-refractivity contribution in [3.05, 3.63) is 22.8 Å². The summed E-state index contributed by atoms with van der Waals surface area (Å²) in [5.41, 5.74) is 9.64. The van der Waals surface area contributed by atoms with Gasteiger partial charge in [0.15, 0.2) is 0 Å². The molecule has 2 heterocycles. The molecule has 2 aromatic rings. The Bertz CT molecular complexity index is 631. The van der Waals surface area contributed by atoms with Crippen molar-refractivity contribution < 1.29 is 0 Å². The van der Waals surface area contributed by atoms with Gasteiger partial charge in [-0.15, -0.1) is 0 Å². The molecule has 0 atom stereocenters. The molecule has 94 valence electrons. The van der Waals surface area contributed by atoms with Crippen molar-refractivity contribution in [3.8, 4) is 0 Å². The zero-order chi connectivity index (χ0) is 12.9. The van der Waals surface area contributed by atoms with Crippen LogP contribution in [0.15, 0.2) is 22.8 Å². The first-order chi connectivity index (χ1) is 8.48. The van der Waals surface area contributed by atoms with Crippen LogP contribution in [0.4, 0.5) is 17.1 Å². The maximum Gasteiger partial charge on any atom is 0.0746 e. The highest BCUT2D eigenvalue weighted by Crippen LogP contribution is 2.41. The summed E-state index contributed by atoms with van der Waals surface area (Å²) in [5.74, 6) is 0. The van der Waals surface area contributed by atoms with Crippen LogP contribution in [0.25, 0.3) is 10.9 Å². The van der Waals surface area contributed by atoms with Crippen LogP contribution in [-0.2, 0) is 0 Å². The van der Waals surface area contributed by atoms with Crippen LogP contribution < -0.4 is 16.4 Å². The second-order valence-corrected chi connectivity index (χ2v) is 6.12. The van der Waals surface area contributed by atoms with Crippen LogP contribution in [0.3, 0.4) is 0 Å². The molecule has 0 bridgehead atoms. The van der Waals surface area contributed by atoms with Crippen molar-refractivity contribution in [2.24, 2.45) is 0 Å². The molecule has 18 heavy (non-hydrogen) atoms. The number of hydrogen-bond acceptors (Lipinski definition) is 4. The summed E-state index contributed by atoms with van der Waals surface area (Å²) >= 11 is 3.58. The standard InChI is InChI=1S/C13H15BrN4/c1-13(2)6-17-11-7(14)3-4-9-10(11)12(18-13)8(15)5-16-9/h3-5,17-18H,6,15H2,1-2H3. The van der Waals surface area contributed by atoms with Crippen LogP contribution in [0.5, 0.6) is 0 Å². The SMILES string of the molecule is CC1(C)CNc2c(Br)ccc3ncc(N)c(c23)N1. The third-order valence-electron chi connectivity index (χ3n) is 3.18. The van der Waals surface area contributed by atoms with Gasteiger partial charge in [-0.25, -0.2) is 0 Å². The number of benzene rings is 1. The number of nitrogen functional groups attached to an aromatic ring is 1. The summed E-state index contributed by atoms with van der Waals surface area (Å²) in [5, 5.41) is 8.03. The van der Waals surface area contributed by atoms with Gasteiger partial charge in [0.05, 0.1) is 28.8 Å². The zero-order valence-electron chi connectivity index (χ0n) is 10.3. The van der Waals surface area contributed by atoms with E-state index in [0.29, 0.717) is 5.69 Å². The van der Waals surface area contributed by atoms with E-state index in [9.17, 15) is 0 Å². The monoisotopic (exact) mass is 306 g/mol. The Hall–Kier alpha value is -1.49. The number of nitrogens with one attached hydrogen (secondary N) is 2. The highest BCUT2D eigenvalue weighted by molar-refractivity contribution is 9.10. The van der Waals surface area contributed by atoms with Gasteiger partial charge in [0, 0.05) is 21.9 Å². The molecule has 5 heteroatoms. The Morgan fingerprint density at radius 2 is 2.11 bits per heavy atom. The molecule has 0 aliphatic carbocycles. The first-order valence-electron chi connectivity index (χ1n) is 5.87. The second-order valence-electron chi connectivity index (χ2n) is 5.27. The first kappa shape index (κ1) is 11.6. The number of hydrogen-bond donors (Lipinski definition) is 3. The molecular formula is C13H15BrN4. The van der Waals surface area contributed by atoms with Gasteiger partial charge in [-0.1, -0.05) is 0 Å². The Labute approximate surface area is 114 Å². The maximum atomic E-state index is 6.07. The quantitative estimate of drug-likeness (QED) is 0.699. The molecule has 0 spiro atoms. The Morgan fingerprint density at radius 3 is 2.89 bits per heavy atom. The van der Waals surface area contributed by atoms with Crippen molar-refractivity contribution in [2.45, 2.75) is 19.4 Å². The number of rotatable bonds is 0. The van der Waals surface area contributed by atoms with E-state index in [1.54, 1.807) is 6.20 Å². The van der Waals surface area contributed by atoms with Gasteiger partial charge in [0.25, 0.3) is 0 Å². The summed E-state index contributed by atoms with van der Waals surface area (Å²) in [6.07, 6.45) is 1.71. The third-order valence-corrected chi connectivity index (χ3v) is 3.85. The van der Waals surface area contributed by atoms with Crippen molar-refractivity contribution in [3.63, 3.8) is 0 Å². The zero-order valence-corrected chi connectivity index (χ0v) is 11.9. The smallest absolute Gasteiger partial charge is 0.0746 e. The number of aromatic nitrogens is 1. The number of nitrogens with two attached hydrogens (primary N) is 1. The predicted molar refractivity (Wildman–Crippen MR) is 80.0 cm³/mol. The predicted octanol–water partition coefficient (Wildman–Crippen LogP) is 3.20. The van der Waals surface area contributed by atoms with Crippen molar-refractivity contribution >= 4 is 43.9 Å². The largest absolute Gasteiger partial charge is 0.396 e. The van der Waals surface area contributed by atoms with Crippen LogP contribution in [0.2, 0.25) is 0 Å². The fourth-order valence-electron chi connectivity index (χ4n) is 2.27. The van der Waals surface area contributed by atoms with Gasteiger partial charge in [-0.3, -0.25) is 4.98 Å². The van der Waals surface area contributed by atoms with Crippen molar-refractivity contribution in [2.75, 3.05) is 22.9 Å². The van der Waals surface area contributed by atoms with Crippen molar-refractivity contribution in [1.82, 2.24) is 4.98 Å². The normalized spacial score (nSPS) is 16.8. The minimum atomic E-state index is -0.0686. The van der Waals surface area contributed by atoms with Crippen LogP contribution >= 0.6 is 15.9 Å². The highest BCUT2D eigenvalue weighted by Gasteiger charge is 2.25. The molecule has 1 aliphatic rings. The average Bonchev–Trinajstić information content (AvgIpc) is 2.45. The summed E-state index contributed by atoms with van der Waals surface area (Å²) in [7, 11) is 0. The molecular weight excluding hydrogens is 292 g/mol. The highest BCUT2D eigenvalue weighted by atomic mass is 79.9. The topological polar surface area (TPSA) is 63.0 Å². The minimum Gasteiger partial charge on any atom is -0.396 e. The van der Waals surface area contributed by atoms with Gasteiger partial charge in [-0.2, -0.15) is 0 Å². The second kappa shape index (κ2) is 3.75. The summed E-state index contributed by atoms with van der Waals surface area (Å²) in [6, 6.07) is 4.00. The molecule has 1 aromatic heterocycles. The van der Waals surface area contributed by atoms with E-state index >= 15 is 0 Å². The van der Waals surface area contributed by atoms with E-state index in [1.165, 1.54) is 0 Å². The lowest BCUT2D eigenvalue weighted by Crippen LogP contribution is -2.37. The average molecular weight is 307 g/mol. The van der Waals surface area contributed by atoms with Gasteiger partial charge in [-0.05, 0) is 41.9 Å². The number of halogens is 1. The number of nitrogens with zero attached hydrogens (tertiary/aromatic N) is 1. The van der Waals surface area contributed by atoms with E-state index in [4.69, 9.17) is 5.73 Å². The molecule has 0 saturated heterocycles. The molecule has 0 saturated carbocycles. The van der Waals surface area contributed by atoms with Crippen LogP contribution in [-0.4, -0.2) is 17.1 Å². The maximum absolute atomic E-state index is 6.07. The molecule has 0 radical (unpaired) electrons. The molecule has 1 aliphatic heterocycles. The van der Waals surface area contributed by atoms with Gasteiger partial charge in [0.2, 0.25) is 0 Å². The fraction of sp³-hybridized carbons (Fsp3) is 0.308. The Morgan fingerprint density at radius 1 is 1.33 bits per heavy atom. The van der Waals surface area contributed by atoms with Gasteiger partial charge < -0.3 is 16.4 Å². The molecule has 0 amide bonds. The third kappa shape index (κ3) is 1.70. The molecule has 4 N–H and O–H groups in total. The molecule has 0 unspecified atom stereocenters. The number of anilines is 3. The summed E-state index contributed by atoms with van der Waals surface area (Å²) in [4.78, 5) is 4.39. The minimum absolute atomic E-state index is 0.0686. The number of pyridine rings is 1. The Kier molecular flexibility index (Phi) is 2.41. The molecule has 0 fully saturated rings. The van der Waals surface area contributed by atoms with Crippen molar-refractivity contribution in [1.29, 1.82) is 0 Å². The van der Waals surface area contributed by atoms with E-state index in [0.717, 1.165) is 33.3 Å².